The molecule has 0 heterocycles. The van der Waals surface area contributed by atoms with Gasteiger partial charge in [-0.1, -0.05) is 30.2 Å². The summed E-state index contributed by atoms with van der Waals surface area (Å²) in [6.07, 6.45) is 4.02. The zero-order valence-corrected chi connectivity index (χ0v) is 9.30. The molecular formula is C12H17ClO. The van der Waals surface area contributed by atoms with Crippen molar-refractivity contribution in [3.8, 4) is 0 Å². The van der Waals surface area contributed by atoms with Crippen molar-refractivity contribution < 1.29 is 5.11 Å². The van der Waals surface area contributed by atoms with E-state index >= 15 is 0 Å². The largest absolute Gasteiger partial charge is 0.393 e. The molecule has 1 N–H and O–H groups in total. The molecule has 1 unspecified atom stereocenters. The molecule has 0 spiro atoms. The van der Waals surface area contributed by atoms with Crippen molar-refractivity contribution in [3.05, 3.63) is 34.9 Å². The first-order valence-electron chi connectivity index (χ1n) is 5.11. The van der Waals surface area contributed by atoms with E-state index in [9.17, 15) is 0 Å². The Morgan fingerprint density at radius 2 is 1.86 bits per heavy atom. The van der Waals surface area contributed by atoms with Crippen LogP contribution in [-0.2, 0) is 6.42 Å². The molecule has 0 aliphatic rings. The van der Waals surface area contributed by atoms with Crippen LogP contribution in [0.25, 0.3) is 0 Å². The van der Waals surface area contributed by atoms with Gasteiger partial charge in [0.1, 0.15) is 0 Å². The summed E-state index contributed by atoms with van der Waals surface area (Å²) in [5.41, 5.74) is 1.32. The Morgan fingerprint density at radius 1 is 1.21 bits per heavy atom. The SMILES string of the molecule is CC(O)CCCCc1ccc(Cl)cc1. The van der Waals surface area contributed by atoms with E-state index in [-0.39, 0.29) is 6.10 Å². The van der Waals surface area contributed by atoms with Gasteiger partial charge in [-0.15, -0.1) is 0 Å². The van der Waals surface area contributed by atoms with Crippen LogP contribution in [0.1, 0.15) is 31.7 Å². The second kappa shape index (κ2) is 6.05. The van der Waals surface area contributed by atoms with Crippen LogP contribution >= 0.6 is 11.6 Å². The van der Waals surface area contributed by atoms with E-state index in [0.717, 1.165) is 30.7 Å². The molecule has 0 aromatic heterocycles. The lowest BCUT2D eigenvalue weighted by molar-refractivity contribution is 0.180. The van der Waals surface area contributed by atoms with Gasteiger partial charge in [-0.05, 0) is 43.9 Å². The summed E-state index contributed by atoms with van der Waals surface area (Å²) >= 11 is 5.78. The molecule has 0 aliphatic carbocycles. The molecule has 78 valence electrons. The summed E-state index contributed by atoms with van der Waals surface area (Å²) in [7, 11) is 0. The predicted molar refractivity (Wildman–Crippen MR) is 60.7 cm³/mol. The minimum atomic E-state index is -0.166. The molecule has 1 aromatic rings. The minimum absolute atomic E-state index is 0.166. The highest BCUT2D eigenvalue weighted by Gasteiger charge is 1.97. The third-order valence-corrected chi connectivity index (χ3v) is 2.50. The molecule has 1 nitrogen and oxygen atoms in total. The van der Waals surface area contributed by atoms with E-state index < -0.39 is 0 Å². The standard InChI is InChI=1S/C12H17ClO/c1-10(14)4-2-3-5-11-6-8-12(13)9-7-11/h6-10,14H,2-5H2,1H3. The molecule has 0 radical (unpaired) electrons. The monoisotopic (exact) mass is 212 g/mol. The Hall–Kier alpha value is -0.530. The van der Waals surface area contributed by atoms with E-state index in [0.29, 0.717) is 0 Å². The zero-order valence-electron chi connectivity index (χ0n) is 8.54. The van der Waals surface area contributed by atoms with Gasteiger partial charge in [0.05, 0.1) is 6.10 Å². The van der Waals surface area contributed by atoms with Gasteiger partial charge in [0.15, 0.2) is 0 Å². The van der Waals surface area contributed by atoms with Crippen LogP contribution < -0.4 is 0 Å². The lowest BCUT2D eigenvalue weighted by Gasteiger charge is -2.04. The number of unbranched alkanes of at least 4 members (excludes halogenated alkanes) is 1. The van der Waals surface area contributed by atoms with Gasteiger partial charge in [-0.3, -0.25) is 0 Å². The third-order valence-electron chi connectivity index (χ3n) is 2.25. The fourth-order valence-electron chi connectivity index (χ4n) is 1.42. The van der Waals surface area contributed by atoms with E-state index in [1.54, 1.807) is 0 Å². The Kier molecular flexibility index (Phi) is 4.99. The van der Waals surface area contributed by atoms with Gasteiger partial charge in [-0.25, -0.2) is 0 Å². The van der Waals surface area contributed by atoms with E-state index in [2.05, 4.69) is 12.1 Å². The normalized spacial score (nSPS) is 12.8. The van der Waals surface area contributed by atoms with Crippen LogP contribution in [0, 0.1) is 0 Å². The van der Waals surface area contributed by atoms with Gasteiger partial charge >= 0.3 is 0 Å². The molecule has 0 saturated heterocycles. The van der Waals surface area contributed by atoms with Crippen LogP contribution in [0.5, 0.6) is 0 Å². The van der Waals surface area contributed by atoms with Crippen molar-refractivity contribution in [1.29, 1.82) is 0 Å². The molecule has 1 rings (SSSR count). The Morgan fingerprint density at radius 3 is 2.43 bits per heavy atom. The number of rotatable bonds is 5. The first-order valence-corrected chi connectivity index (χ1v) is 5.49. The lowest BCUT2D eigenvalue weighted by atomic mass is 10.1. The third kappa shape index (κ3) is 4.64. The first-order chi connectivity index (χ1) is 6.68. The van der Waals surface area contributed by atoms with Crippen LogP contribution in [0.2, 0.25) is 5.02 Å². The average molecular weight is 213 g/mol. The van der Waals surface area contributed by atoms with Crippen LogP contribution in [-0.4, -0.2) is 11.2 Å². The molecule has 0 aliphatic heterocycles. The van der Waals surface area contributed by atoms with E-state index in [1.807, 2.05) is 19.1 Å². The number of hydrogen-bond donors (Lipinski definition) is 1. The summed E-state index contributed by atoms with van der Waals surface area (Å²) in [4.78, 5) is 0. The number of aryl methyl sites for hydroxylation is 1. The topological polar surface area (TPSA) is 20.2 Å². The second-order valence-corrected chi connectivity index (χ2v) is 4.16. The quantitative estimate of drug-likeness (QED) is 0.742. The maximum absolute atomic E-state index is 9.07. The summed E-state index contributed by atoms with van der Waals surface area (Å²) in [6.45, 7) is 1.84. The highest BCUT2D eigenvalue weighted by atomic mass is 35.5. The van der Waals surface area contributed by atoms with Crippen molar-refractivity contribution in [2.24, 2.45) is 0 Å². The smallest absolute Gasteiger partial charge is 0.0512 e. The molecule has 2 heteroatoms. The van der Waals surface area contributed by atoms with Crippen molar-refractivity contribution in [1.82, 2.24) is 0 Å². The van der Waals surface area contributed by atoms with E-state index in [4.69, 9.17) is 16.7 Å². The Labute approximate surface area is 90.7 Å². The van der Waals surface area contributed by atoms with Crippen LogP contribution in [0.3, 0.4) is 0 Å². The summed E-state index contributed by atoms with van der Waals surface area (Å²) < 4.78 is 0. The summed E-state index contributed by atoms with van der Waals surface area (Å²) in [5, 5.41) is 9.86. The number of aliphatic hydroxyl groups is 1. The van der Waals surface area contributed by atoms with Gasteiger partial charge in [0, 0.05) is 5.02 Å². The van der Waals surface area contributed by atoms with Gasteiger partial charge in [-0.2, -0.15) is 0 Å². The van der Waals surface area contributed by atoms with Gasteiger partial charge in [0.25, 0.3) is 0 Å². The molecule has 0 fully saturated rings. The number of halogens is 1. The Bertz CT molecular complexity index is 254. The molecule has 1 aromatic carbocycles. The van der Waals surface area contributed by atoms with Crippen molar-refractivity contribution in [2.75, 3.05) is 0 Å². The minimum Gasteiger partial charge on any atom is -0.393 e. The molecule has 1 atom stereocenters. The molecule has 0 bridgehead atoms. The zero-order chi connectivity index (χ0) is 10.4. The fourth-order valence-corrected chi connectivity index (χ4v) is 1.55. The van der Waals surface area contributed by atoms with Crippen LogP contribution in [0.15, 0.2) is 24.3 Å². The first kappa shape index (κ1) is 11.5. The number of hydrogen-bond acceptors (Lipinski definition) is 1. The highest BCUT2D eigenvalue weighted by molar-refractivity contribution is 6.30. The lowest BCUT2D eigenvalue weighted by Crippen LogP contribution is -1.98. The maximum atomic E-state index is 9.07. The molecule has 0 amide bonds. The second-order valence-electron chi connectivity index (χ2n) is 3.72. The summed E-state index contributed by atoms with van der Waals surface area (Å²) in [5.74, 6) is 0. The number of benzene rings is 1. The fraction of sp³-hybridized carbons (Fsp3) is 0.500. The van der Waals surface area contributed by atoms with Crippen LogP contribution in [0.4, 0.5) is 0 Å². The Balaban J connectivity index is 2.21. The van der Waals surface area contributed by atoms with Gasteiger partial charge < -0.3 is 5.11 Å². The van der Waals surface area contributed by atoms with Crippen molar-refractivity contribution in [3.63, 3.8) is 0 Å². The summed E-state index contributed by atoms with van der Waals surface area (Å²) in [6, 6.07) is 7.96. The van der Waals surface area contributed by atoms with Crippen molar-refractivity contribution >= 4 is 11.6 Å². The predicted octanol–water partition coefficient (Wildman–Crippen LogP) is 3.43. The molecule has 0 saturated carbocycles. The number of aliphatic hydroxyl groups excluding tert-OH is 1. The molecule has 14 heavy (non-hydrogen) atoms. The average Bonchev–Trinajstić information content (AvgIpc) is 2.15. The maximum Gasteiger partial charge on any atom is 0.0512 e. The van der Waals surface area contributed by atoms with Crippen molar-refractivity contribution in [2.45, 2.75) is 38.7 Å². The highest BCUT2D eigenvalue weighted by Crippen LogP contribution is 2.12. The van der Waals surface area contributed by atoms with E-state index in [1.165, 1.54) is 5.56 Å². The van der Waals surface area contributed by atoms with Gasteiger partial charge in [0.2, 0.25) is 0 Å². The molecular weight excluding hydrogens is 196 g/mol.